The largest absolute Gasteiger partial charge is 0.445 e. The van der Waals surface area contributed by atoms with Crippen molar-refractivity contribution in [3.05, 3.63) is 47.7 Å². The lowest BCUT2D eigenvalue weighted by molar-refractivity contribution is 0.429. The van der Waals surface area contributed by atoms with Gasteiger partial charge in [-0.25, -0.2) is 9.37 Å². The molecular formula is C12H14FN3O. The Hall–Kier alpha value is -1.75. The van der Waals surface area contributed by atoms with Gasteiger partial charge in [0.2, 0.25) is 5.89 Å². The van der Waals surface area contributed by atoms with Gasteiger partial charge in [-0.3, -0.25) is 4.98 Å². The van der Waals surface area contributed by atoms with E-state index in [1.54, 1.807) is 12.3 Å². The summed E-state index contributed by atoms with van der Waals surface area (Å²) >= 11 is 0. The zero-order valence-corrected chi connectivity index (χ0v) is 9.77. The minimum atomic E-state index is -0.329. The van der Waals surface area contributed by atoms with Crippen molar-refractivity contribution >= 4 is 0 Å². The van der Waals surface area contributed by atoms with Crippen LogP contribution in [0.5, 0.6) is 0 Å². The van der Waals surface area contributed by atoms with Gasteiger partial charge in [-0.1, -0.05) is 0 Å². The van der Waals surface area contributed by atoms with Crippen LogP contribution in [-0.4, -0.2) is 9.97 Å². The fraction of sp³-hybridized carbons (Fsp3) is 0.333. The van der Waals surface area contributed by atoms with Crippen LogP contribution in [0.15, 0.2) is 28.9 Å². The molecule has 0 saturated heterocycles. The van der Waals surface area contributed by atoms with E-state index in [-0.39, 0.29) is 11.9 Å². The van der Waals surface area contributed by atoms with E-state index < -0.39 is 0 Å². The number of nitrogens with zero attached hydrogens (tertiary/aromatic N) is 2. The Labute approximate surface area is 98.9 Å². The second-order valence-corrected chi connectivity index (χ2v) is 3.87. The molecule has 2 aromatic rings. The molecule has 0 radical (unpaired) electrons. The Kier molecular flexibility index (Phi) is 3.49. The normalized spacial score (nSPS) is 12.6. The van der Waals surface area contributed by atoms with E-state index in [9.17, 15) is 4.39 Å². The summed E-state index contributed by atoms with van der Waals surface area (Å²) < 4.78 is 18.0. The summed E-state index contributed by atoms with van der Waals surface area (Å²) in [6.45, 7) is 4.32. The lowest BCUT2D eigenvalue weighted by Crippen LogP contribution is -2.19. The van der Waals surface area contributed by atoms with E-state index in [1.165, 1.54) is 12.3 Å². The molecule has 0 aromatic carbocycles. The molecule has 17 heavy (non-hydrogen) atoms. The van der Waals surface area contributed by atoms with E-state index in [0.29, 0.717) is 12.4 Å². The van der Waals surface area contributed by atoms with Gasteiger partial charge in [0.15, 0.2) is 0 Å². The van der Waals surface area contributed by atoms with Crippen molar-refractivity contribution in [2.24, 2.45) is 0 Å². The van der Waals surface area contributed by atoms with Crippen molar-refractivity contribution in [2.45, 2.75) is 26.4 Å². The molecule has 1 unspecified atom stereocenters. The Morgan fingerprint density at radius 1 is 1.35 bits per heavy atom. The predicted molar refractivity (Wildman–Crippen MR) is 60.7 cm³/mol. The van der Waals surface area contributed by atoms with Crippen molar-refractivity contribution in [3.8, 4) is 0 Å². The SMILES string of the molecule is Cc1cnc(CNC(C)c2ccc(F)cn2)o1. The molecule has 0 aliphatic heterocycles. The summed E-state index contributed by atoms with van der Waals surface area (Å²) in [5.74, 6) is 1.09. The average Bonchev–Trinajstić information content (AvgIpc) is 2.73. The highest BCUT2D eigenvalue weighted by Gasteiger charge is 2.08. The van der Waals surface area contributed by atoms with E-state index in [2.05, 4.69) is 15.3 Å². The van der Waals surface area contributed by atoms with E-state index in [1.807, 2.05) is 13.8 Å². The highest BCUT2D eigenvalue weighted by Crippen LogP contribution is 2.10. The van der Waals surface area contributed by atoms with E-state index in [0.717, 1.165) is 11.5 Å². The Balaban J connectivity index is 1.93. The third-order valence-electron chi connectivity index (χ3n) is 2.42. The van der Waals surface area contributed by atoms with Crippen LogP contribution in [0.25, 0.3) is 0 Å². The van der Waals surface area contributed by atoms with E-state index in [4.69, 9.17) is 4.42 Å². The van der Waals surface area contributed by atoms with Gasteiger partial charge in [-0.05, 0) is 26.0 Å². The first kappa shape index (κ1) is 11.7. The number of pyridine rings is 1. The maximum atomic E-state index is 12.7. The molecule has 2 rings (SSSR count). The van der Waals surface area contributed by atoms with Gasteiger partial charge in [0.25, 0.3) is 0 Å². The molecule has 0 spiro atoms. The second kappa shape index (κ2) is 5.05. The second-order valence-electron chi connectivity index (χ2n) is 3.87. The number of hydrogen-bond donors (Lipinski definition) is 1. The maximum absolute atomic E-state index is 12.7. The summed E-state index contributed by atoms with van der Waals surface area (Å²) in [6, 6.07) is 3.08. The average molecular weight is 235 g/mol. The zero-order chi connectivity index (χ0) is 12.3. The number of halogens is 1. The standard InChI is InChI=1S/C12H14FN3O/c1-8-5-16-12(17-8)7-14-9(2)11-4-3-10(13)6-15-11/h3-6,9,14H,7H2,1-2H3. The molecule has 2 heterocycles. The lowest BCUT2D eigenvalue weighted by Gasteiger charge is -2.11. The summed E-state index contributed by atoms with van der Waals surface area (Å²) in [7, 11) is 0. The molecule has 1 N–H and O–H groups in total. The minimum absolute atomic E-state index is 0.0165. The van der Waals surface area contributed by atoms with Crippen molar-refractivity contribution in [3.63, 3.8) is 0 Å². The van der Waals surface area contributed by atoms with Crippen LogP contribution in [-0.2, 0) is 6.54 Å². The first-order valence-electron chi connectivity index (χ1n) is 5.41. The first-order chi connectivity index (χ1) is 8.15. The lowest BCUT2D eigenvalue weighted by atomic mass is 10.2. The smallest absolute Gasteiger partial charge is 0.208 e. The van der Waals surface area contributed by atoms with Gasteiger partial charge >= 0.3 is 0 Å². The molecule has 4 nitrogen and oxygen atoms in total. The number of rotatable bonds is 4. The van der Waals surface area contributed by atoms with Gasteiger partial charge < -0.3 is 9.73 Å². The highest BCUT2D eigenvalue weighted by atomic mass is 19.1. The van der Waals surface area contributed by atoms with Crippen LogP contribution >= 0.6 is 0 Å². The van der Waals surface area contributed by atoms with Crippen molar-refractivity contribution in [1.29, 1.82) is 0 Å². The number of aromatic nitrogens is 2. The molecule has 0 saturated carbocycles. The molecule has 0 aliphatic carbocycles. The summed E-state index contributed by atoms with van der Waals surface area (Å²) in [5.41, 5.74) is 0.787. The quantitative estimate of drug-likeness (QED) is 0.883. The topological polar surface area (TPSA) is 51.0 Å². The zero-order valence-electron chi connectivity index (χ0n) is 9.77. The minimum Gasteiger partial charge on any atom is -0.445 e. The number of nitrogens with one attached hydrogen (secondary N) is 1. The third-order valence-corrected chi connectivity index (χ3v) is 2.42. The van der Waals surface area contributed by atoms with Crippen LogP contribution in [0.1, 0.15) is 30.3 Å². The van der Waals surface area contributed by atoms with Crippen molar-refractivity contribution in [2.75, 3.05) is 0 Å². The summed E-state index contributed by atoms with van der Waals surface area (Å²) in [6.07, 6.45) is 2.89. The first-order valence-corrected chi connectivity index (χ1v) is 5.41. The molecular weight excluding hydrogens is 221 g/mol. The summed E-state index contributed by atoms with van der Waals surface area (Å²) in [4.78, 5) is 8.09. The van der Waals surface area contributed by atoms with Gasteiger partial charge in [0.1, 0.15) is 11.6 Å². The number of aryl methyl sites for hydroxylation is 1. The van der Waals surface area contributed by atoms with Crippen LogP contribution in [0, 0.1) is 12.7 Å². The molecule has 0 fully saturated rings. The van der Waals surface area contributed by atoms with Gasteiger partial charge in [0, 0.05) is 6.04 Å². The van der Waals surface area contributed by atoms with Crippen LogP contribution < -0.4 is 5.32 Å². The van der Waals surface area contributed by atoms with Crippen LogP contribution in [0.3, 0.4) is 0 Å². The molecule has 90 valence electrons. The van der Waals surface area contributed by atoms with Crippen molar-refractivity contribution in [1.82, 2.24) is 15.3 Å². The van der Waals surface area contributed by atoms with Crippen LogP contribution in [0.2, 0.25) is 0 Å². The number of hydrogen-bond acceptors (Lipinski definition) is 4. The molecule has 0 amide bonds. The van der Waals surface area contributed by atoms with Gasteiger partial charge in [0.05, 0.1) is 24.6 Å². The Bertz CT molecular complexity index is 481. The molecule has 0 bridgehead atoms. The molecule has 0 aliphatic rings. The molecule has 5 heteroatoms. The Morgan fingerprint density at radius 3 is 2.76 bits per heavy atom. The van der Waals surface area contributed by atoms with Crippen LogP contribution in [0.4, 0.5) is 4.39 Å². The molecule has 2 aromatic heterocycles. The third kappa shape index (κ3) is 3.10. The predicted octanol–water partition coefficient (Wildman–Crippen LogP) is 2.37. The Morgan fingerprint density at radius 2 is 2.18 bits per heavy atom. The van der Waals surface area contributed by atoms with Gasteiger partial charge in [-0.15, -0.1) is 0 Å². The fourth-order valence-electron chi connectivity index (χ4n) is 1.47. The highest BCUT2D eigenvalue weighted by molar-refractivity contribution is 5.09. The number of oxazole rings is 1. The molecule has 1 atom stereocenters. The van der Waals surface area contributed by atoms with E-state index >= 15 is 0 Å². The fourth-order valence-corrected chi connectivity index (χ4v) is 1.47. The van der Waals surface area contributed by atoms with Gasteiger partial charge in [-0.2, -0.15) is 0 Å². The van der Waals surface area contributed by atoms with Crippen molar-refractivity contribution < 1.29 is 8.81 Å². The maximum Gasteiger partial charge on any atom is 0.208 e. The monoisotopic (exact) mass is 235 g/mol. The summed E-state index contributed by atoms with van der Waals surface area (Å²) in [5, 5.41) is 3.21.